The van der Waals surface area contributed by atoms with Crippen LogP contribution in [0.2, 0.25) is 0 Å². The molecule has 0 radical (unpaired) electrons. The second-order valence-electron chi connectivity index (χ2n) is 6.72. The first-order chi connectivity index (χ1) is 10.6. The average Bonchev–Trinajstić information content (AvgIpc) is 3.07. The number of hydrogen-bond acceptors (Lipinski definition) is 3. The molecule has 1 saturated carbocycles. The van der Waals surface area contributed by atoms with E-state index in [0.29, 0.717) is 12.6 Å². The van der Waals surface area contributed by atoms with Gasteiger partial charge in [0.05, 0.1) is 6.61 Å². The Morgan fingerprint density at radius 2 is 2.09 bits per heavy atom. The average molecular weight is 302 g/mol. The summed E-state index contributed by atoms with van der Waals surface area (Å²) in [5.74, 6) is 0. The van der Waals surface area contributed by atoms with E-state index in [1.807, 2.05) is 11.8 Å². The van der Waals surface area contributed by atoms with E-state index in [1.54, 1.807) is 0 Å². The third-order valence-electron chi connectivity index (χ3n) is 4.74. The SMILES string of the molecule is CCOC(=O)N1CCC(NC2(Cc3ccc(C)cc3)CC2)C1. The van der Waals surface area contributed by atoms with Crippen LogP contribution in [0.4, 0.5) is 4.79 Å². The standard InChI is InChI=1S/C18H26N2O2/c1-3-22-17(21)20-11-8-16(13-20)19-18(9-10-18)12-15-6-4-14(2)5-7-15/h4-7,16,19H,3,8-13H2,1-2H3. The molecule has 1 N–H and O–H groups in total. The van der Waals surface area contributed by atoms with Gasteiger partial charge in [0.2, 0.25) is 0 Å². The van der Waals surface area contributed by atoms with Crippen LogP contribution in [0, 0.1) is 6.92 Å². The molecule has 0 spiro atoms. The lowest BCUT2D eigenvalue weighted by molar-refractivity contribution is 0.114. The van der Waals surface area contributed by atoms with Gasteiger partial charge >= 0.3 is 6.09 Å². The smallest absolute Gasteiger partial charge is 0.409 e. The predicted molar refractivity (Wildman–Crippen MR) is 87.0 cm³/mol. The zero-order chi connectivity index (χ0) is 15.6. The highest BCUT2D eigenvalue weighted by Crippen LogP contribution is 2.39. The van der Waals surface area contributed by atoms with Crippen LogP contribution in [0.25, 0.3) is 0 Å². The molecule has 1 atom stereocenters. The molecule has 1 aliphatic heterocycles. The Balaban J connectivity index is 1.53. The van der Waals surface area contributed by atoms with Crippen molar-refractivity contribution in [1.82, 2.24) is 10.2 Å². The van der Waals surface area contributed by atoms with E-state index in [0.717, 1.165) is 25.9 Å². The largest absolute Gasteiger partial charge is 0.450 e. The Bertz CT molecular complexity index is 522. The van der Waals surface area contributed by atoms with E-state index in [4.69, 9.17) is 4.74 Å². The minimum absolute atomic E-state index is 0.171. The fourth-order valence-corrected chi connectivity index (χ4v) is 3.31. The van der Waals surface area contributed by atoms with Crippen LogP contribution in [0.15, 0.2) is 24.3 Å². The normalized spacial score (nSPS) is 22.6. The summed E-state index contributed by atoms with van der Waals surface area (Å²) >= 11 is 0. The molecule has 22 heavy (non-hydrogen) atoms. The number of carbonyl (C=O) groups is 1. The van der Waals surface area contributed by atoms with Gasteiger partial charge in [0.25, 0.3) is 0 Å². The molecule has 0 bridgehead atoms. The summed E-state index contributed by atoms with van der Waals surface area (Å²) in [6.45, 7) is 6.00. The van der Waals surface area contributed by atoms with Crippen LogP contribution in [0.1, 0.15) is 37.3 Å². The minimum Gasteiger partial charge on any atom is -0.450 e. The molecule has 1 amide bonds. The molecule has 4 heteroatoms. The number of hydrogen-bond donors (Lipinski definition) is 1. The molecule has 0 aromatic heterocycles. The molecule has 120 valence electrons. The van der Waals surface area contributed by atoms with Crippen LogP contribution in [-0.4, -0.2) is 42.3 Å². The van der Waals surface area contributed by atoms with Gasteiger partial charge in [-0.2, -0.15) is 0 Å². The first-order valence-electron chi connectivity index (χ1n) is 8.35. The maximum atomic E-state index is 11.8. The lowest BCUT2D eigenvalue weighted by Crippen LogP contribution is -2.43. The Labute approximate surface area is 132 Å². The maximum Gasteiger partial charge on any atom is 0.409 e. The third-order valence-corrected chi connectivity index (χ3v) is 4.74. The van der Waals surface area contributed by atoms with Crippen LogP contribution < -0.4 is 5.32 Å². The van der Waals surface area contributed by atoms with Crippen molar-refractivity contribution in [2.24, 2.45) is 0 Å². The number of nitrogens with one attached hydrogen (secondary N) is 1. The van der Waals surface area contributed by atoms with Gasteiger partial charge in [-0.15, -0.1) is 0 Å². The third kappa shape index (κ3) is 3.61. The second kappa shape index (κ2) is 6.29. The van der Waals surface area contributed by atoms with Crippen molar-refractivity contribution in [3.05, 3.63) is 35.4 Å². The molecule has 2 fully saturated rings. The molecular weight excluding hydrogens is 276 g/mol. The summed E-state index contributed by atoms with van der Waals surface area (Å²) in [6.07, 6.45) is 4.40. The molecule has 4 nitrogen and oxygen atoms in total. The minimum atomic E-state index is -0.171. The van der Waals surface area contributed by atoms with Crippen LogP contribution in [-0.2, 0) is 11.2 Å². The maximum absolute atomic E-state index is 11.8. The highest BCUT2D eigenvalue weighted by molar-refractivity contribution is 5.68. The van der Waals surface area contributed by atoms with Gasteiger partial charge in [-0.25, -0.2) is 4.79 Å². The van der Waals surface area contributed by atoms with Gasteiger partial charge < -0.3 is 15.0 Å². The Morgan fingerprint density at radius 1 is 1.36 bits per heavy atom. The van der Waals surface area contributed by atoms with E-state index >= 15 is 0 Å². The fourth-order valence-electron chi connectivity index (χ4n) is 3.31. The van der Waals surface area contributed by atoms with Gasteiger partial charge in [-0.1, -0.05) is 29.8 Å². The van der Waals surface area contributed by atoms with Crippen molar-refractivity contribution >= 4 is 6.09 Å². The van der Waals surface area contributed by atoms with Gasteiger partial charge in [0.1, 0.15) is 0 Å². The number of carbonyl (C=O) groups excluding carboxylic acids is 1. The summed E-state index contributed by atoms with van der Waals surface area (Å²) in [7, 11) is 0. The first kappa shape index (κ1) is 15.3. The number of benzene rings is 1. The van der Waals surface area contributed by atoms with Crippen LogP contribution >= 0.6 is 0 Å². The van der Waals surface area contributed by atoms with E-state index in [2.05, 4.69) is 36.5 Å². The lowest BCUT2D eigenvalue weighted by atomic mass is 10.0. The number of ether oxygens (including phenoxy) is 1. The van der Waals surface area contributed by atoms with Crippen molar-refractivity contribution in [1.29, 1.82) is 0 Å². The molecule has 1 aromatic rings. The molecular formula is C18H26N2O2. The summed E-state index contributed by atoms with van der Waals surface area (Å²) in [4.78, 5) is 13.6. The zero-order valence-electron chi connectivity index (χ0n) is 13.6. The van der Waals surface area contributed by atoms with Gasteiger partial charge in [0.15, 0.2) is 0 Å². The van der Waals surface area contributed by atoms with Gasteiger partial charge in [-0.05, 0) is 45.1 Å². The molecule has 1 saturated heterocycles. The van der Waals surface area contributed by atoms with Gasteiger partial charge in [0, 0.05) is 24.7 Å². The highest BCUT2D eigenvalue weighted by Gasteiger charge is 2.45. The highest BCUT2D eigenvalue weighted by atomic mass is 16.6. The number of amides is 1. The Hall–Kier alpha value is -1.55. The Kier molecular flexibility index (Phi) is 4.39. The monoisotopic (exact) mass is 302 g/mol. The summed E-state index contributed by atoms with van der Waals surface area (Å²) in [5, 5.41) is 3.81. The fraction of sp³-hybridized carbons (Fsp3) is 0.611. The Morgan fingerprint density at radius 3 is 2.73 bits per heavy atom. The quantitative estimate of drug-likeness (QED) is 0.909. The van der Waals surface area contributed by atoms with E-state index in [9.17, 15) is 4.79 Å². The number of aryl methyl sites for hydroxylation is 1. The van der Waals surface area contributed by atoms with Gasteiger partial charge in [-0.3, -0.25) is 0 Å². The van der Waals surface area contributed by atoms with Crippen LogP contribution in [0.3, 0.4) is 0 Å². The predicted octanol–water partition coefficient (Wildman–Crippen LogP) is 2.89. The summed E-state index contributed by atoms with van der Waals surface area (Å²) in [5.41, 5.74) is 2.96. The molecule has 2 aliphatic rings. The molecule has 1 aliphatic carbocycles. The number of likely N-dealkylation sites (tertiary alicyclic amines) is 1. The van der Waals surface area contributed by atoms with Crippen molar-refractivity contribution < 1.29 is 9.53 Å². The van der Waals surface area contributed by atoms with Crippen LogP contribution in [0.5, 0.6) is 0 Å². The van der Waals surface area contributed by atoms with E-state index in [1.165, 1.54) is 24.0 Å². The van der Waals surface area contributed by atoms with E-state index in [-0.39, 0.29) is 11.6 Å². The second-order valence-corrected chi connectivity index (χ2v) is 6.72. The van der Waals surface area contributed by atoms with Crippen molar-refractivity contribution in [3.63, 3.8) is 0 Å². The topological polar surface area (TPSA) is 41.6 Å². The molecule has 1 heterocycles. The van der Waals surface area contributed by atoms with Crippen molar-refractivity contribution in [2.45, 2.75) is 51.1 Å². The number of nitrogens with zero attached hydrogens (tertiary/aromatic N) is 1. The molecule has 1 unspecified atom stereocenters. The van der Waals surface area contributed by atoms with Crippen molar-refractivity contribution in [2.75, 3.05) is 19.7 Å². The van der Waals surface area contributed by atoms with Crippen molar-refractivity contribution in [3.8, 4) is 0 Å². The zero-order valence-corrected chi connectivity index (χ0v) is 13.6. The number of rotatable bonds is 5. The molecule has 3 rings (SSSR count). The summed E-state index contributed by atoms with van der Waals surface area (Å²) in [6, 6.07) is 9.23. The molecule has 1 aromatic carbocycles. The van der Waals surface area contributed by atoms with E-state index < -0.39 is 0 Å². The first-order valence-corrected chi connectivity index (χ1v) is 8.35. The lowest BCUT2D eigenvalue weighted by Gasteiger charge is -2.23. The summed E-state index contributed by atoms with van der Waals surface area (Å²) < 4.78 is 5.09.